The van der Waals surface area contributed by atoms with Crippen molar-refractivity contribution < 1.29 is 23.9 Å². The van der Waals surface area contributed by atoms with Crippen molar-refractivity contribution in [2.24, 2.45) is 0 Å². The SMILES string of the molecule is CCOC(=O)N1c2ccccc2C(=O)[C@@]12C=C(C)C/C2=C\N1CCOC1=O. The number of hydrogen-bond acceptors (Lipinski definition) is 5. The summed E-state index contributed by atoms with van der Waals surface area (Å²) in [4.78, 5) is 41.1. The first kappa shape index (κ1) is 17.3. The highest BCUT2D eigenvalue weighted by Gasteiger charge is 2.57. The van der Waals surface area contributed by atoms with Crippen molar-refractivity contribution in [1.29, 1.82) is 0 Å². The largest absolute Gasteiger partial charge is 0.449 e. The number of ketones is 1. The molecule has 1 saturated heterocycles. The highest BCUT2D eigenvalue weighted by Crippen LogP contribution is 2.49. The molecule has 0 radical (unpaired) electrons. The molecule has 3 aliphatic rings. The van der Waals surface area contributed by atoms with Crippen LogP contribution in [0.4, 0.5) is 15.3 Å². The lowest BCUT2D eigenvalue weighted by molar-refractivity contribution is 0.0940. The number of cyclic esters (lactones) is 1. The van der Waals surface area contributed by atoms with Crippen LogP contribution in [0.1, 0.15) is 30.6 Å². The summed E-state index contributed by atoms with van der Waals surface area (Å²) in [6.07, 6.45) is 2.90. The van der Waals surface area contributed by atoms with E-state index in [-0.39, 0.29) is 12.4 Å². The smallest absolute Gasteiger partial charge is 0.415 e. The fourth-order valence-electron chi connectivity index (χ4n) is 4.00. The molecule has 1 aromatic rings. The number of anilines is 1. The maximum absolute atomic E-state index is 13.5. The predicted molar refractivity (Wildman–Crippen MR) is 97.5 cm³/mol. The van der Waals surface area contributed by atoms with E-state index in [1.165, 1.54) is 9.80 Å². The molecule has 0 bridgehead atoms. The normalized spacial score (nSPS) is 25.3. The van der Waals surface area contributed by atoms with Gasteiger partial charge in [0.1, 0.15) is 6.61 Å². The van der Waals surface area contributed by atoms with Crippen molar-refractivity contribution in [3.05, 3.63) is 53.3 Å². The molecule has 0 aromatic heterocycles. The summed E-state index contributed by atoms with van der Waals surface area (Å²) >= 11 is 0. The van der Waals surface area contributed by atoms with Gasteiger partial charge in [0.05, 0.1) is 18.8 Å². The number of fused-ring (bicyclic) bond motifs is 1. The fraction of sp³-hybridized carbons (Fsp3) is 0.350. The summed E-state index contributed by atoms with van der Waals surface area (Å²) in [6, 6.07) is 7.00. The number of para-hydroxylation sites is 1. The molecular weight excluding hydrogens is 348 g/mol. The molecule has 0 N–H and O–H groups in total. The van der Waals surface area contributed by atoms with Gasteiger partial charge < -0.3 is 9.47 Å². The number of Topliss-reactive ketones (excluding diaryl/α,β-unsaturated/α-hetero) is 1. The zero-order valence-corrected chi connectivity index (χ0v) is 15.2. The molecule has 1 fully saturated rings. The van der Waals surface area contributed by atoms with E-state index in [0.29, 0.717) is 36.4 Å². The van der Waals surface area contributed by atoms with Crippen LogP contribution in [-0.4, -0.2) is 48.2 Å². The summed E-state index contributed by atoms with van der Waals surface area (Å²) in [5.41, 5.74) is 1.29. The van der Waals surface area contributed by atoms with E-state index in [1.54, 1.807) is 43.5 Å². The van der Waals surface area contributed by atoms with Crippen LogP contribution in [-0.2, 0) is 9.47 Å². The van der Waals surface area contributed by atoms with Gasteiger partial charge in [-0.2, -0.15) is 0 Å². The molecule has 27 heavy (non-hydrogen) atoms. The van der Waals surface area contributed by atoms with E-state index < -0.39 is 17.7 Å². The van der Waals surface area contributed by atoms with Crippen molar-refractivity contribution in [1.82, 2.24) is 4.90 Å². The number of allylic oxidation sites excluding steroid dienone is 1. The number of rotatable bonds is 2. The lowest BCUT2D eigenvalue weighted by Gasteiger charge is -2.33. The highest BCUT2D eigenvalue weighted by molar-refractivity contribution is 6.23. The first-order valence-corrected chi connectivity index (χ1v) is 8.92. The number of ether oxygens (including phenoxy) is 2. The first-order chi connectivity index (χ1) is 13.0. The molecule has 2 aliphatic heterocycles. The maximum Gasteiger partial charge on any atom is 0.415 e. The lowest BCUT2D eigenvalue weighted by Crippen LogP contribution is -2.52. The van der Waals surface area contributed by atoms with E-state index >= 15 is 0 Å². The van der Waals surface area contributed by atoms with Gasteiger partial charge in [-0.1, -0.05) is 17.7 Å². The van der Waals surface area contributed by atoms with E-state index in [9.17, 15) is 14.4 Å². The third-order valence-corrected chi connectivity index (χ3v) is 5.06. The molecule has 1 aromatic carbocycles. The van der Waals surface area contributed by atoms with Crippen molar-refractivity contribution in [2.45, 2.75) is 25.8 Å². The second-order valence-electron chi connectivity index (χ2n) is 6.78. The summed E-state index contributed by atoms with van der Waals surface area (Å²) in [7, 11) is 0. The average molecular weight is 368 g/mol. The van der Waals surface area contributed by atoms with Crippen LogP contribution >= 0.6 is 0 Å². The standard InChI is InChI=1S/C20H20N2O5/c1-3-26-19(25)22-16-7-5-4-6-15(16)17(23)20(22)11-13(2)10-14(20)12-21-8-9-27-18(21)24/h4-7,11-12H,3,8-10H2,1-2H3/b14-12+/t20-/m0/s1. The van der Waals surface area contributed by atoms with Crippen LogP contribution in [0, 0.1) is 0 Å². The van der Waals surface area contributed by atoms with Gasteiger partial charge in [-0.15, -0.1) is 0 Å². The monoisotopic (exact) mass is 368 g/mol. The van der Waals surface area contributed by atoms with Gasteiger partial charge in [0.15, 0.2) is 11.3 Å². The van der Waals surface area contributed by atoms with Crippen LogP contribution in [0.25, 0.3) is 0 Å². The molecule has 7 heteroatoms. The summed E-state index contributed by atoms with van der Waals surface area (Å²) in [5, 5.41) is 0. The Morgan fingerprint density at radius 3 is 2.81 bits per heavy atom. The second-order valence-corrected chi connectivity index (χ2v) is 6.78. The van der Waals surface area contributed by atoms with Crippen LogP contribution in [0.2, 0.25) is 0 Å². The number of amides is 2. The molecule has 2 amide bonds. The van der Waals surface area contributed by atoms with Gasteiger partial charge in [0.25, 0.3) is 0 Å². The molecule has 1 aliphatic carbocycles. The van der Waals surface area contributed by atoms with Crippen molar-refractivity contribution in [3.63, 3.8) is 0 Å². The van der Waals surface area contributed by atoms with E-state index in [1.807, 2.05) is 6.92 Å². The fourth-order valence-corrected chi connectivity index (χ4v) is 4.00. The Balaban J connectivity index is 1.89. The Labute approximate surface area is 156 Å². The van der Waals surface area contributed by atoms with Crippen LogP contribution in [0.15, 0.2) is 47.7 Å². The van der Waals surface area contributed by atoms with Crippen LogP contribution < -0.4 is 4.90 Å². The topological polar surface area (TPSA) is 76.2 Å². The Hall–Kier alpha value is -3.09. The van der Waals surface area contributed by atoms with Crippen LogP contribution in [0.3, 0.4) is 0 Å². The number of hydrogen-bond donors (Lipinski definition) is 0. The molecule has 1 spiro atoms. The summed E-state index contributed by atoms with van der Waals surface area (Å²) in [6.45, 7) is 4.54. The minimum atomic E-state index is -1.30. The predicted octanol–water partition coefficient (Wildman–Crippen LogP) is 3.27. The average Bonchev–Trinajstić information content (AvgIpc) is 3.26. The van der Waals surface area contributed by atoms with Gasteiger partial charge in [-0.05, 0) is 44.1 Å². The van der Waals surface area contributed by atoms with Crippen molar-refractivity contribution in [3.8, 4) is 0 Å². The molecule has 0 unspecified atom stereocenters. The Bertz CT molecular complexity index is 903. The molecule has 1 atom stereocenters. The van der Waals surface area contributed by atoms with Crippen LogP contribution in [0.5, 0.6) is 0 Å². The minimum Gasteiger partial charge on any atom is -0.449 e. The zero-order valence-electron chi connectivity index (χ0n) is 15.2. The lowest BCUT2D eigenvalue weighted by atomic mass is 9.87. The molecule has 2 heterocycles. The molecule has 0 saturated carbocycles. The van der Waals surface area contributed by atoms with Crippen molar-refractivity contribution >= 4 is 23.7 Å². The van der Waals surface area contributed by atoms with Crippen molar-refractivity contribution in [2.75, 3.05) is 24.7 Å². The van der Waals surface area contributed by atoms with Gasteiger partial charge >= 0.3 is 12.2 Å². The quantitative estimate of drug-likeness (QED) is 0.749. The van der Waals surface area contributed by atoms with E-state index in [2.05, 4.69) is 0 Å². The highest BCUT2D eigenvalue weighted by atomic mass is 16.6. The minimum absolute atomic E-state index is 0.193. The number of carbonyl (C=O) groups is 3. The van der Waals surface area contributed by atoms with Gasteiger partial charge in [-0.25, -0.2) is 9.59 Å². The zero-order chi connectivity index (χ0) is 19.2. The molecule has 7 nitrogen and oxygen atoms in total. The Morgan fingerprint density at radius 2 is 2.11 bits per heavy atom. The van der Waals surface area contributed by atoms with Gasteiger partial charge in [-0.3, -0.25) is 14.6 Å². The molecule has 4 rings (SSSR count). The number of benzene rings is 1. The number of carbonyl (C=O) groups excluding carboxylic acids is 3. The first-order valence-electron chi connectivity index (χ1n) is 8.92. The third kappa shape index (κ3) is 2.45. The maximum atomic E-state index is 13.5. The second kappa shape index (κ2) is 6.26. The number of nitrogens with zero attached hydrogens (tertiary/aromatic N) is 2. The summed E-state index contributed by atoms with van der Waals surface area (Å²) < 4.78 is 10.3. The Morgan fingerprint density at radius 1 is 1.33 bits per heavy atom. The summed E-state index contributed by atoms with van der Waals surface area (Å²) in [5.74, 6) is -0.193. The third-order valence-electron chi connectivity index (χ3n) is 5.06. The molecular formula is C20H20N2O5. The van der Waals surface area contributed by atoms with Gasteiger partial charge in [0.2, 0.25) is 0 Å². The molecule has 140 valence electrons. The Kier molecular flexibility index (Phi) is 4.02. The van der Waals surface area contributed by atoms with E-state index in [0.717, 1.165) is 5.57 Å². The van der Waals surface area contributed by atoms with E-state index in [4.69, 9.17) is 9.47 Å². The van der Waals surface area contributed by atoms with Gasteiger partial charge in [0, 0.05) is 11.8 Å².